The van der Waals surface area contributed by atoms with Crippen LogP contribution in [0.1, 0.15) is 131 Å². The van der Waals surface area contributed by atoms with Crippen LogP contribution in [0.2, 0.25) is 0 Å². The molecule has 1 aromatic rings. The summed E-state index contributed by atoms with van der Waals surface area (Å²) >= 11 is 0. The number of carbonyl (C=O) groups is 7. The van der Waals surface area contributed by atoms with Gasteiger partial charge in [0.1, 0.15) is 29.9 Å². The smallest absolute Gasteiger partial charge is 0.289 e. The lowest BCUT2D eigenvalue weighted by atomic mass is 9.82. The predicted molar refractivity (Wildman–Crippen MR) is 185 cm³/mol. The first kappa shape index (κ1) is 37.7. The molecule has 51 heavy (non-hydrogen) atoms. The molecule has 7 atom stereocenters. The van der Waals surface area contributed by atoms with Crippen LogP contribution >= 0.6 is 0 Å². The van der Waals surface area contributed by atoms with Crippen LogP contribution in [-0.2, 0) is 24.0 Å². The number of ketones is 2. The van der Waals surface area contributed by atoms with Crippen molar-refractivity contribution in [3.8, 4) is 6.07 Å². The summed E-state index contributed by atoms with van der Waals surface area (Å²) in [5.74, 6) is -3.72. The standard InChI is InChI=1S/C37H51N7O7/c1-8-10-24(29(46)34(50)41-22-13-14-22)42-32(48)25-16-37-15-21(37)11-9-12-26(37)44(25)35(51)30(36(5,6)7)43-31(47)19(3)40-33(49)28-23(17-38)27(20(4)45)18(2)39-28/h19,21-22,24-26,30,39H,8-16H2,1-7H3,(H,40,49)(H,41,50)(H,42,48)(H,43,47)/t19-,21-,24-,25-,26-,30+,37?/m0/s1. The highest BCUT2D eigenvalue weighted by Gasteiger charge is 2.69. The second kappa shape index (κ2) is 14.2. The number of nitrogens with zero attached hydrogens (tertiary/aromatic N) is 2. The lowest BCUT2D eigenvalue weighted by Gasteiger charge is -2.40. The van der Waals surface area contributed by atoms with E-state index in [4.69, 9.17) is 0 Å². The Labute approximate surface area is 298 Å². The Kier molecular flexibility index (Phi) is 10.5. The van der Waals surface area contributed by atoms with Gasteiger partial charge in [-0.05, 0) is 82.5 Å². The van der Waals surface area contributed by atoms with Crippen LogP contribution in [0.25, 0.3) is 0 Å². The van der Waals surface area contributed by atoms with Crippen LogP contribution in [0, 0.1) is 35.0 Å². The van der Waals surface area contributed by atoms with Crippen molar-refractivity contribution in [3.63, 3.8) is 0 Å². The van der Waals surface area contributed by atoms with Crippen molar-refractivity contribution < 1.29 is 33.6 Å². The number of nitriles is 1. The second-order valence-electron chi connectivity index (χ2n) is 16.1. The van der Waals surface area contributed by atoms with E-state index in [0.717, 1.165) is 32.1 Å². The number of aromatic nitrogens is 1. The molecule has 2 heterocycles. The van der Waals surface area contributed by atoms with E-state index in [2.05, 4.69) is 26.3 Å². The normalized spacial score (nSPS) is 25.2. The Morgan fingerprint density at radius 1 is 1.02 bits per heavy atom. The van der Waals surface area contributed by atoms with Crippen molar-refractivity contribution in [2.45, 2.75) is 143 Å². The number of hydrogen-bond acceptors (Lipinski definition) is 8. The van der Waals surface area contributed by atoms with E-state index in [0.29, 0.717) is 30.9 Å². The second-order valence-corrected chi connectivity index (χ2v) is 16.1. The summed E-state index contributed by atoms with van der Waals surface area (Å²) in [4.78, 5) is 98.0. The van der Waals surface area contributed by atoms with Gasteiger partial charge in [-0.25, -0.2) is 0 Å². The molecule has 1 saturated heterocycles. The van der Waals surface area contributed by atoms with E-state index in [1.165, 1.54) is 13.8 Å². The van der Waals surface area contributed by atoms with Gasteiger partial charge >= 0.3 is 0 Å². The number of hydrogen-bond donors (Lipinski definition) is 5. The summed E-state index contributed by atoms with van der Waals surface area (Å²) in [5.41, 5.74) is -0.810. The number of carbonyl (C=O) groups excluding carboxylic acids is 7. The minimum absolute atomic E-state index is 0.00995. The van der Waals surface area contributed by atoms with Crippen LogP contribution < -0.4 is 21.3 Å². The van der Waals surface area contributed by atoms with Crippen molar-refractivity contribution >= 4 is 41.1 Å². The van der Waals surface area contributed by atoms with Gasteiger partial charge in [0.05, 0.1) is 17.2 Å². The molecular formula is C37H51N7O7. The molecule has 0 radical (unpaired) electrons. The quantitative estimate of drug-likeness (QED) is 0.152. The number of rotatable bonds is 13. The number of aromatic amines is 1. The first-order chi connectivity index (χ1) is 23.9. The third-order valence-electron chi connectivity index (χ3n) is 11.1. The summed E-state index contributed by atoms with van der Waals surface area (Å²) in [6, 6.07) is -2.46. The van der Waals surface area contributed by atoms with Crippen molar-refractivity contribution in [2.75, 3.05) is 0 Å². The summed E-state index contributed by atoms with van der Waals surface area (Å²) in [5, 5.41) is 20.6. The Morgan fingerprint density at radius 3 is 2.29 bits per heavy atom. The van der Waals surface area contributed by atoms with Gasteiger partial charge < -0.3 is 31.2 Å². The van der Waals surface area contributed by atoms with Crippen molar-refractivity contribution in [1.82, 2.24) is 31.2 Å². The zero-order valence-corrected chi connectivity index (χ0v) is 30.7. The van der Waals surface area contributed by atoms with Gasteiger partial charge in [0.2, 0.25) is 23.5 Å². The SMILES string of the molecule is CCC[C@H](NC(=O)[C@@H]1CC23C[C@@H]2CCC[C@@H]3N1C(=O)[C@@H](NC(=O)[C@H](C)NC(=O)c1[nH]c(C)c(C(C)=O)c1C#N)C(C)(C)C)C(=O)C(=O)NC1CC1. The molecule has 1 aromatic heterocycles. The van der Waals surface area contributed by atoms with Gasteiger partial charge in [0, 0.05) is 17.8 Å². The van der Waals surface area contributed by atoms with Crippen LogP contribution in [0.3, 0.4) is 0 Å². The Bertz CT molecular complexity index is 1680. The minimum atomic E-state index is -1.14. The number of likely N-dealkylation sites (tertiary alicyclic amines) is 1. The average Bonchev–Trinajstić information content (AvgIpc) is 3.95. The molecular weight excluding hydrogens is 654 g/mol. The third-order valence-corrected chi connectivity index (χ3v) is 11.1. The van der Waals surface area contributed by atoms with Gasteiger partial charge in [-0.1, -0.05) is 40.5 Å². The van der Waals surface area contributed by atoms with E-state index in [1.54, 1.807) is 32.6 Å². The molecule has 4 fully saturated rings. The molecule has 3 aliphatic carbocycles. The van der Waals surface area contributed by atoms with Crippen LogP contribution in [0.4, 0.5) is 0 Å². The number of H-pyrrole nitrogens is 1. The molecule has 3 saturated carbocycles. The molecule has 1 unspecified atom stereocenters. The molecule has 5 N–H and O–H groups in total. The molecule has 14 nitrogen and oxygen atoms in total. The van der Waals surface area contributed by atoms with Gasteiger partial charge in [-0.2, -0.15) is 5.26 Å². The third kappa shape index (κ3) is 7.44. The van der Waals surface area contributed by atoms with E-state index >= 15 is 0 Å². The van der Waals surface area contributed by atoms with E-state index in [9.17, 15) is 38.8 Å². The fourth-order valence-corrected chi connectivity index (χ4v) is 8.26. The molecule has 4 aliphatic rings. The fourth-order valence-electron chi connectivity index (χ4n) is 8.26. The van der Waals surface area contributed by atoms with Crippen LogP contribution in [0.5, 0.6) is 0 Å². The number of amides is 5. The molecule has 5 amide bonds. The maximum Gasteiger partial charge on any atom is 0.289 e. The van der Waals surface area contributed by atoms with Crippen LogP contribution in [0.15, 0.2) is 0 Å². The Hall–Kier alpha value is -4.54. The fraction of sp³-hybridized carbons (Fsp3) is 0.676. The molecule has 5 rings (SSSR count). The average molecular weight is 706 g/mol. The lowest BCUT2D eigenvalue weighted by Crippen LogP contribution is -2.62. The first-order valence-corrected chi connectivity index (χ1v) is 18.2. The van der Waals surface area contributed by atoms with Crippen LogP contribution in [-0.4, -0.2) is 87.2 Å². The van der Waals surface area contributed by atoms with Gasteiger partial charge in [-0.15, -0.1) is 0 Å². The van der Waals surface area contributed by atoms with Crippen molar-refractivity contribution in [2.24, 2.45) is 16.7 Å². The summed E-state index contributed by atoms with van der Waals surface area (Å²) < 4.78 is 0. The monoisotopic (exact) mass is 705 g/mol. The molecule has 0 aromatic carbocycles. The largest absolute Gasteiger partial charge is 0.353 e. The minimum Gasteiger partial charge on any atom is -0.353 e. The number of aryl methyl sites for hydroxylation is 1. The molecule has 1 spiro atoms. The van der Waals surface area contributed by atoms with Crippen molar-refractivity contribution in [3.05, 3.63) is 22.5 Å². The Balaban J connectivity index is 1.35. The van der Waals surface area contributed by atoms with E-state index in [1.807, 2.05) is 13.0 Å². The highest BCUT2D eigenvalue weighted by atomic mass is 16.2. The number of Topliss-reactive ketones (excluding diaryl/α,β-unsaturated/α-hetero) is 2. The zero-order valence-electron chi connectivity index (χ0n) is 30.7. The summed E-state index contributed by atoms with van der Waals surface area (Å²) in [6.45, 7) is 11.6. The molecule has 276 valence electrons. The lowest BCUT2D eigenvalue weighted by molar-refractivity contribution is -0.147. The molecule has 0 bridgehead atoms. The van der Waals surface area contributed by atoms with E-state index < -0.39 is 64.9 Å². The van der Waals surface area contributed by atoms with Crippen molar-refractivity contribution in [1.29, 1.82) is 5.26 Å². The van der Waals surface area contributed by atoms with E-state index in [-0.39, 0.29) is 46.5 Å². The summed E-state index contributed by atoms with van der Waals surface area (Å²) in [7, 11) is 0. The topological polar surface area (TPSA) is 210 Å². The summed E-state index contributed by atoms with van der Waals surface area (Å²) in [6.07, 6.45) is 6.44. The maximum atomic E-state index is 14.7. The molecule has 1 aliphatic heterocycles. The first-order valence-electron chi connectivity index (χ1n) is 18.2. The zero-order chi connectivity index (χ0) is 37.6. The van der Waals surface area contributed by atoms with Gasteiger partial charge in [0.25, 0.3) is 11.8 Å². The Morgan fingerprint density at radius 2 is 1.71 bits per heavy atom. The number of nitrogens with one attached hydrogen (secondary N) is 5. The highest BCUT2D eigenvalue weighted by molar-refractivity contribution is 6.38. The van der Waals surface area contributed by atoms with Gasteiger partial charge in [-0.3, -0.25) is 33.6 Å². The predicted octanol–water partition coefficient (Wildman–Crippen LogP) is 2.34. The maximum absolute atomic E-state index is 14.7. The van der Waals surface area contributed by atoms with Gasteiger partial charge in [0.15, 0.2) is 5.78 Å². The highest BCUT2D eigenvalue weighted by Crippen LogP contribution is 2.68. The molecule has 14 heteroatoms.